The van der Waals surface area contributed by atoms with Gasteiger partial charge in [0.2, 0.25) is 5.91 Å². The Labute approximate surface area is 112 Å². The van der Waals surface area contributed by atoms with E-state index in [4.69, 9.17) is 0 Å². The van der Waals surface area contributed by atoms with Crippen molar-refractivity contribution in [1.82, 2.24) is 10.6 Å². The Bertz CT molecular complexity index is 564. The van der Waals surface area contributed by atoms with Crippen molar-refractivity contribution in [3.05, 3.63) is 29.8 Å². The molecule has 0 aromatic heterocycles. The number of sulfone groups is 1. The van der Waals surface area contributed by atoms with Gasteiger partial charge in [0.05, 0.1) is 11.4 Å². The molecule has 0 atom stereocenters. The minimum atomic E-state index is -3.27. The van der Waals surface area contributed by atoms with Gasteiger partial charge in [-0.2, -0.15) is 0 Å². The van der Waals surface area contributed by atoms with Crippen LogP contribution in [0.5, 0.6) is 0 Å². The summed E-state index contributed by atoms with van der Waals surface area (Å²) in [5.74, 6) is -0.699. The van der Waals surface area contributed by atoms with E-state index in [0.29, 0.717) is 12.1 Å². The molecule has 104 valence electrons. The van der Waals surface area contributed by atoms with Gasteiger partial charge in [-0.3, -0.25) is 9.59 Å². The highest BCUT2D eigenvalue weighted by Crippen LogP contribution is 2.10. The number of benzene rings is 1. The Kier molecular flexibility index (Phi) is 5.05. The summed E-state index contributed by atoms with van der Waals surface area (Å²) in [6, 6.07) is 5.53. The third kappa shape index (κ3) is 4.70. The highest BCUT2D eigenvalue weighted by atomic mass is 32.2. The average molecular weight is 284 g/mol. The Morgan fingerprint density at radius 3 is 2.16 bits per heavy atom. The van der Waals surface area contributed by atoms with E-state index in [9.17, 15) is 18.0 Å². The van der Waals surface area contributed by atoms with E-state index in [1.807, 2.05) is 0 Å². The summed E-state index contributed by atoms with van der Waals surface area (Å²) in [6.45, 7) is 2.17. The topological polar surface area (TPSA) is 92.3 Å². The van der Waals surface area contributed by atoms with Crippen LogP contribution in [0.1, 0.15) is 17.3 Å². The van der Waals surface area contributed by atoms with Crippen LogP contribution in [0, 0.1) is 0 Å². The second kappa shape index (κ2) is 6.33. The van der Waals surface area contributed by atoms with Crippen LogP contribution >= 0.6 is 0 Å². The minimum absolute atomic E-state index is 0.111. The van der Waals surface area contributed by atoms with Crippen LogP contribution in [0.2, 0.25) is 0 Å². The molecule has 0 aliphatic rings. The van der Waals surface area contributed by atoms with Crippen molar-refractivity contribution in [2.75, 3.05) is 19.3 Å². The van der Waals surface area contributed by atoms with Crippen LogP contribution in [-0.2, 0) is 14.6 Å². The normalized spacial score (nSPS) is 10.8. The van der Waals surface area contributed by atoms with Crippen LogP contribution < -0.4 is 10.6 Å². The molecule has 0 saturated heterocycles. The van der Waals surface area contributed by atoms with Gasteiger partial charge in [0.25, 0.3) is 5.91 Å². The van der Waals surface area contributed by atoms with Crippen molar-refractivity contribution in [3.8, 4) is 0 Å². The van der Waals surface area contributed by atoms with Crippen molar-refractivity contribution < 1.29 is 18.0 Å². The van der Waals surface area contributed by atoms with E-state index in [2.05, 4.69) is 10.6 Å². The molecule has 0 aliphatic carbocycles. The SMILES string of the molecule is CCNC(=O)CNC(=O)c1ccc(S(C)(=O)=O)cc1. The zero-order valence-electron chi connectivity index (χ0n) is 10.8. The van der Waals surface area contributed by atoms with E-state index >= 15 is 0 Å². The lowest BCUT2D eigenvalue weighted by Gasteiger charge is -2.06. The third-order valence-corrected chi connectivity index (χ3v) is 3.46. The number of carbonyl (C=O) groups excluding carboxylic acids is 2. The lowest BCUT2D eigenvalue weighted by atomic mass is 10.2. The fourth-order valence-electron chi connectivity index (χ4n) is 1.38. The summed E-state index contributed by atoms with van der Waals surface area (Å²) >= 11 is 0. The standard InChI is InChI=1S/C12H16N2O4S/c1-3-13-11(15)8-14-12(16)9-4-6-10(7-5-9)19(2,17)18/h4-7H,3,8H2,1-2H3,(H,13,15)(H,14,16). The molecule has 0 unspecified atom stereocenters. The quantitative estimate of drug-likeness (QED) is 0.793. The number of rotatable bonds is 5. The van der Waals surface area contributed by atoms with Gasteiger partial charge in [-0.25, -0.2) is 8.42 Å². The molecule has 2 amide bonds. The van der Waals surface area contributed by atoms with Gasteiger partial charge in [0, 0.05) is 18.4 Å². The van der Waals surface area contributed by atoms with Gasteiger partial charge in [-0.15, -0.1) is 0 Å². The summed E-state index contributed by atoms with van der Waals surface area (Å²) in [5.41, 5.74) is 0.302. The summed E-state index contributed by atoms with van der Waals surface area (Å²) in [6.07, 6.45) is 1.09. The predicted molar refractivity (Wildman–Crippen MR) is 70.6 cm³/mol. The van der Waals surface area contributed by atoms with Gasteiger partial charge in [-0.1, -0.05) is 0 Å². The maximum atomic E-state index is 11.7. The zero-order chi connectivity index (χ0) is 14.5. The first kappa shape index (κ1) is 15.2. The second-order valence-corrected chi connectivity index (χ2v) is 5.95. The third-order valence-electron chi connectivity index (χ3n) is 2.33. The summed E-state index contributed by atoms with van der Waals surface area (Å²) < 4.78 is 22.5. The average Bonchev–Trinajstić information content (AvgIpc) is 2.35. The van der Waals surface area contributed by atoms with Crippen LogP contribution in [0.15, 0.2) is 29.2 Å². The van der Waals surface area contributed by atoms with E-state index < -0.39 is 15.7 Å². The Balaban J connectivity index is 2.66. The van der Waals surface area contributed by atoms with E-state index in [0.717, 1.165) is 6.26 Å². The summed E-state index contributed by atoms with van der Waals surface area (Å²) in [4.78, 5) is 23.0. The molecule has 6 nitrogen and oxygen atoms in total. The largest absolute Gasteiger partial charge is 0.355 e. The smallest absolute Gasteiger partial charge is 0.251 e. The molecule has 19 heavy (non-hydrogen) atoms. The monoisotopic (exact) mass is 284 g/mol. The molecule has 0 fully saturated rings. The Morgan fingerprint density at radius 1 is 1.11 bits per heavy atom. The molecule has 0 aliphatic heterocycles. The van der Waals surface area contributed by atoms with Crippen LogP contribution in [0.4, 0.5) is 0 Å². The van der Waals surface area contributed by atoms with Crippen LogP contribution in [0.25, 0.3) is 0 Å². The van der Waals surface area contributed by atoms with Crippen LogP contribution in [-0.4, -0.2) is 39.6 Å². The minimum Gasteiger partial charge on any atom is -0.355 e. The van der Waals surface area contributed by atoms with Crippen molar-refractivity contribution in [2.45, 2.75) is 11.8 Å². The van der Waals surface area contributed by atoms with Gasteiger partial charge in [-0.05, 0) is 31.2 Å². The van der Waals surface area contributed by atoms with Crippen molar-refractivity contribution in [2.24, 2.45) is 0 Å². The number of nitrogens with one attached hydrogen (secondary N) is 2. The fraction of sp³-hybridized carbons (Fsp3) is 0.333. The number of carbonyl (C=O) groups is 2. The molecule has 0 radical (unpaired) electrons. The Hall–Kier alpha value is -1.89. The maximum absolute atomic E-state index is 11.7. The first-order valence-electron chi connectivity index (χ1n) is 5.69. The molecule has 2 N–H and O–H groups in total. The maximum Gasteiger partial charge on any atom is 0.251 e. The van der Waals surface area contributed by atoms with Crippen molar-refractivity contribution >= 4 is 21.7 Å². The first-order valence-corrected chi connectivity index (χ1v) is 7.58. The molecular weight excluding hydrogens is 268 g/mol. The molecule has 0 bridgehead atoms. The number of amides is 2. The molecule has 1 aromatic rings. The van der Waals surface area contributed by atoms with Gasteiger partial charge in [0.15, 0.2) is 9.84 Å². The van der Waals surface area contributed by atoms with E-state index in [-0.39, 0.29) is 17.3 Å². The molecule has 0 heterocycles. The number of likely N-dealkylation sites (N-methyl/N-ethyl adjacent to an activating group) is 1. The number of hydrogen-bond acceptors (Lipinski definition) is 4. The molecule has 0 spiro atoms. The Morgan fingerprint density at radius 2 is 1.68 bits per heavy atom. The van der Waals surface area contributed by atoms with Gasteiger partial charge in [0.1, 0.15) is 0 Å². The molecule has 7 heteroatoms. The summed E-state index contributed by atoms with van der Waals surface area (Å²) in [7, 11) is -3.27. The van der Waals surface area contributed by atoms with E-state index in [1.54, 1.807) is 6.92 Å². The highest BCUT2D eigenvalue weighted by Gasteiger charge is 2.10. The molecular formula is C12H16N2O4S. The highest BCUT2D eigenvalue weighted by molar-refractivity contribution is 7.90. The van der Waals surface area contributed by atoms with Gasteiger partial charge >= 0.3 is 0 Å². The van der Waals surface area contributed by atoms with Gasteiger partial charge < -0.3 is 10.6 Å². The zero-order valence-corrected chi connectivity index (χ0v) is 11.6. The predicted octanol–water partition coefficient (Wildman–Crippen LogP) is -0.0440. The number of hydrogen-bond donors (Lipinski definition) is 2. The molecule has 1 rings (SSSR count). The molecule has 1 aromatic carbocycles. The summed E-state index contributed by atoms with van der Waals surface area (Å²) in [5, 5.41) is 4.99. The second-order valence-electron chi connectivity index (χ2n) is 3.93. The van der Waals surface area contributed by atoms with Crippen LogP contribution in [0.3, 0.4) is 0 Å². The first-order chi connectivity index (χ1) is 8.84. The lowest BCUT2D eigenvalue weighted by Crippen LogP contribution is -2.36. The van der Waals surface area contributed by atoms with E-state index in [1.165, 1.54) is 24.3 Å². The van der Waals surface area contributed by atoms with Crippen molar-refractivity contribution in [1.29, 1.82) is 0 Å². The molecule has 0 saturated carbocycles. The van der Waals surface area contributed by atoms with Crippen molar-refractivity contribution in [3.63, 3.8) is 0 Å². The lowest BCUT2D eigenvalue weighted by molar-refractivity contribution is -0.120. The fourth-order valence-corrected chi connectivity index (χ4v) is 2.01.